The Morgan fingerprint density at radius 1 is 0.844 bits per heavy atom. The molecule has 0 aromatic heterocycles. The van der Waals surface area contributed by atoms with Gasteiger partial charge in [0.05, 0.1) is 25.9 Å². The highest BCUT2D eigenvalue weighted by molar-refractivity contribution is 5.77. The minimum atomic E-state index is 0.0230. The number of hydrogen-bond acceptors (Lipinski definition) is 3. The van der Waals surface area contributed by atoms with Crippen LogP contribution in [0.1, 0.15) is 36.0 Å². The molecule has 4 rings (SSSR count). The summed E-state index contributed by atoms with van der Waals surface area (Å²) in [5.74, 6) is 1.03. The highest BCUT2D eigenvalue weighted by Gasteiger charge is 2.36. The maximum atomic E-state index is 13.0. The highest BCUT2D eigenvalue weighted by atomic mass is 16.5. The first kappa shape index (κ1) is 22.1. The molecule has 0 spiro atoms. The van der Waals surface area contributed by atoms with Crippen molar-refractivity contribution in [3.8, 4) is 5.75 Å². The fourth-order valence-corrected chi connectivity index (χ4v) is 4.39. The number of hydrogen-bond donors (Lipinski definition) is 0. The molecule has 1 fully saturated rings. The summed E-state index contributed by atoms with van der Waals surface area (Å²) < 4.78 is 11.7. The summed E-state index contributed by atoms with van der Waals surface area (Å²) in [6.07, 6.45) is 3.12. The summed E-state index contributed by atoms with van der Waals surface area (Å²) in [7, 11) is 1.66. The van der Waals surface area contributed by atoms with Crippen molar-refractivity contribution in [3.63, 3.8) is 0 Å². The first-order chi connectivity index (χ1) is 15.7. The molecule has 0 saturated carbocycles. The zero-order valence-electron chi connectivity index (χ0n) is 18.7. The number of methoxy groups -OCH3 is 1. The molecule has 1 amide bonds. The van der Waals surface area contributed by atoms with Gasteiger partial charge in [0.2, 0.25) is 5.91 Å². The molecule has 3 aromatic carbocycles. The smallest absolute Gasteiger partial charge is 0.223 e. The molecule has 0 unspecified atom stereocenters. The van der Waals surface area contributed by atoms with Crippen LogP contribution in [0, 0.1) is 0 Å². The van der Waals surface area contributed by atoms with Gasteiger partial charge in [0.25, 0.3) is 0 Å². The third kappa shape index (κ3) is 5.77. The Morgan fingerprint density at radius 2 is 1.50 bits per heavy atom. The fourth-order valence-electron chi connectivity index (χ4n) is 4.39. The summed E-state index contributed by atoms with van der Waals surface area (Å²) in [6.45, 7) is 1.16. The molecule has 1 aliphatic heterocycles. The van der Waals surface area contributed by atoms with E-state index in [-0.39, 0.29) is 18.1 Å². The molecule has 1 aliphatic rings. The molecule has 0 N–H and O–H groups in total. The quantitative estimate of drug-likeness (QED) is 0.457. The van der Waals surface area contributed by atoms with E-state index in [1.807, 2.05) is 53.4 Å². The van der Waals surface area contributed by atoms with Crippen molar-refractivity contribution in [1.82, 2.24) is 4.90 Å². The van der Waals surface area contributed by atoms with Gasteiger partial charge in [-0.25, -0.2) is 0 Å². The monoisotopic (exact) mass is 429 g/mol. The molecule has 166 valence electrons. The maximum Gasteiger partial charge on any atom is 0.223 e. The number of carbonyl (C=O) groups excluding carboxylic acids is 1. The largest absolute Gasteiger partial charge is 0.497 e. The first-order valence-corrected chi connectivity index (χ1v) is 11.3. The molecular formula is C28H31NO3. The molecule has 1 heterocycles. The summed E-state index contributed by atoms with van der Waals surface area (Å²) in [4.78, 5) is 15.0. The van der Waals surface area contributed by atoms with E-state index in [4.69, 9.17) is 9.47 Å². The Bertz CT molecular complexity index is 973. The molecule has 4 heteroatoms. The summed E-state index contributed by atoms with van der Waals surface area (Å²) in [5.41, 5.74) is 3.55. The SMILES string of the molecule is COc1ccc(CN2C(=O)CC[C@H](OCc3ccccc3)[C@@H]2CCc2ccccc2)cc1. The second kappa shape index (κ2) is 11.0. The number of amides is 1. The van der Waals surface area contributed by atoms with Gasteiger partial charge in [-0.15, -0.1) is 0 Å². The van der Waals surface area contributed by atoms with Crippen molar-refractivity contribution in [2.24, 2.45) is 0 Å². The second-order valence-corrected chi connectivity index (χ2v) is 8.34. The van der Waals surface area contributed by atoms with Crippen LogP contribution in [0.4, 0.5) is 0 Å². The first-order valence-electron chi connectivity index (χ1n) is 11.3. The minimum Gasteiger partial charge on any atom is -0.497 e. The lowest BCUT2D eigenvalue weighted by Gasteiger charge is -2.41. The highest BCUT2D eigenvalue weighted by Crippen LogP contribution is 2.28. The van der Waals surface area contributed by atoms with E-state index in [0.29, 0.717) is 19.6 Å². The molecule has 3 aromatic rings. The van der Waals surface area contributed by atoms with E-state index in [1.165, 1.54) is 5.56 Å². The predicted octanol–water partition coefficient (Wildman–Crippen LogP) is 5.40. The molecule has 0 radical (unpaired) electrons. The zero-order valence-corrected chi connectivity index (χ0v) is 18.7. The Hall–Kier alpha value is -3.11. The van der Waals surface area contributed by atoms with E-state index >= 15 is 0 Å². The van der Waals surface area contributed by atoms with Crippen molar-refractivity contribution in [2.45, 2.75) is 51.0 Å². The van der Waals surface area contributed by atoms with Crippen LogP contribution in [0.3, 0.4) is 0 Å². The van der Waals surface area contributed by atoms with Crippen molar-refractivity contribution in [2.75, 3.05) is 7.11 Å². The van der Waals surface area contributed by atoms with Gasteiger partial charge in [-0.3, -0.25) is 4.79 Å². The number of likely N-dealkylation sites (tertiary alicyclic amines) is 1. The van der Waals surface area contributed by atoms with Gasteiger partial charge in [-0.1, -0.05) is 72.8 Å². The van der Waals surface area contributed by atoms with Gasteiger partial charge in [0.1, 0.15) is 5.75 Å². The molecule has 0 bridgehead atoms. The standard InChI is InChI=1S/C28H31NO3/c1-31-25-15-12-23(13-16-25)20-29-26(17-14-22-8-4-2-5-9-22)27(18-19-28(29)30)32-21-24-10-6-3-7-11-24/h2-13,15-16,26-27H,14,17-21H2,1H3/t26-,27-/m0/s1. The Balaban J connectivity index is 1.51. The van der Waals surface area contributed by atoms with Crippen LogP contribution in [0.25, 0.3) is 0 Å². The normalized spacial score (nSPS) is 18.5. The van der Waals surface area contributed by atoms with Crippen LogP contribution in [0.15, 0.2) is 84.9 Å². The predicted molar refractivity (Wildman–Crippen MR) is 126 cm³/mol. The lowest BCUT2D eigenvalue weighted by molar-refractivity contribution is -0.147. The minimum absolute atomic E-state index is 0.0230. The number of benzene rings is 3. The van der Waals surface area contributed by atoms with Gasteiger partial charge >= 0.3 is 0 Å². The molecule has 4 nitrogen and oxygen atoms in total. The van der Waals surface area contributed by atoms with Crippen LogP contribution in [-0.2, 0) is 29.1 Å². The van der Waals surface area contributed by atoms with Crippen molar-refractivity contribution < 1.29 is 14.3 Å². The maximum absolute atomic E-state index is 13.0. The van der Waals surface area contributed by atoms with Crippen molar-refractivity contribution >= 4 is 5.91 Å². The van der Waals surface area contributed by atoms with Crippen molar-refractivity contribution in [3.05, 3.63) is 102 Å². The van der Waals surface area contributed by atoms with E-state index in [2.05, 4.69) is 36.4 Å². The van der Waals surface area contributed by atoms with Crippen LogP contribution in [-0.4, -0.2) is 30.1 Å². The van der Waals surface area contributed by atoms with Crippen molar-refractivity contribution in [1.29, 1.82) is 0 Å². The van der Waals surface area contributed by atoms with Gasteiger partial charge in [-0.2, -0.15) is 0 Å². The number of piperidine rings is 1. The summed E-state index contributed by atoms with van der Waals surface area (Å²) in [5, 5.41) is 0. The topological polar surface area (TPSA) is 38.8 Å². The summed E-state index contributed by atoms with van der Waals surface area (Å²) >= 11 is 0. The third-order valence-electron chi connectivity index (χ3n) is 6.18. The Morgan fingerprint density at radius 3 is 2.16 bits per heavy atom. The Kier molecular flexibility index (Phi) is 7.57. The van der Waals surface area contributed by atoms with E-state index in [9.17, 15) is 4.79 Å². The van der Waals surface area contributed by atoms with Gasteiger partial charge in [0, 0.05) is 13.0 Å². The van der Waals surface area contributed by atoms with E-state index in [1.54, 1.807) is 7.11 Å². The molecule has 32 heavy (non-hydrogen) atoms. The lowest BCUT2D eigenvalue weighted by Crippen LogP contribution is -2.51. The average Bonchev–Trinajstić information content (AvgIpc) is 2.85. The van der Waals surface area contributed by atoms with E-state index < -0.39 is 0 Å². The zero-order chi connectivity index (χ0) is 22.2. The number of rotatable bonds is 9. The number of ether oxygens (including phenoxy) is 2. The second-order valence-electron chi connectivity index (χ2n) is 8.34. The molecule has 0 aliphatic carbocycles. The van der Waals surface area contributed by atoms with Crippen LogP contribution in [0.5, 0.6) is 5.75 Å². The van der Waals surface area contributed by atoms with Crippen LogP contribution in [0.2, 0.25) is 0 Å². The number of aryl methyl sites for hydroxylation is 1. The molecular weight excluding hydrogens is 398 g/mol. The number of nitrogens with zero attached hydrogens (tertiary/aromatic N) is 1. The van der Waals surface area contributed by atoms with E-state index in [0.717, 1.165) is 36.1 Å². The van der Waals surface area contributed by atoms with Crippen LogP contribution >= 0.6 is 0 Å². The molecule has 1 saturated heterocycles. The van der Waals surface area contributed by atoms with Gasteiger partial charge in [-0.05, 0) is 48.1 Å². The summed E-state index contributed by atoms with van der Waals surface area (Å²) in [6, 6.07) is 28.7. The molecule has 2 atom stereocenters. The van der Waals surface area contributed by atoms with Gasteiger partial charge in [0.15, 0.2) is 0 Å². The third-order valence-corrected chi connectivity index (χ3v) is 6.18. The average molecular weight is 430 g/mol. The van der Waals surface area contributed by atoms with Crippen LogP contribution < -0.4 is 4.74 Å². The lowest BCUT2D eigenvalue weighted by atomic mass is 9.92. The number of carbonyl (C=O) groups is 1. The Labute approximate surface area is 190 Å². The van der Waals surface area contributed by atoms with Gasteiger partial charge < -0.3 is 14.4 Å². The fraction of sp³-hybridized carbons (Fsp3) is 0.321.